The molecule has 0 saturated carbocycles. The lowest BCUT2D eigenvalue weighted by Gasteiger charge is -2.02. The van der Waals surface area contributed by atoms with Gasteiger partial charge in [0.1, 0.15) is 6.07 Å². The Labute approximate surface area is 88.0 Å². The maximum atomic E-state index is 11.8. The van der Waals surface area contributed by atoms with Crippen LogP contribution in [0.25, 0.3) is 11.1 Å². The zero-order valence-electron chi connectivity index (χ0n) is 7.97. The number of nitriles is 1. The molecule has 15 heavy (non-hydrogen) atoms. The first kappa shape index (κ1) is 9.29. The second-order valence-corrected chi connectivity index (χ2v) is 3.16. The predicted molar refractivity (Wildman–Crippen MR) is 56.7 cm³/mol. The molecule has 2 heteroatoms. The molecule has 71 valence electrons. The summed E-state index contributed by atoms with van der Waals surface area (Å²) in [5.41, 5.74) is 1.62. The second kappa shape index (κ2) is 3.85. The van der Waals surface area contributed by atoms with Crippen LogP contribution >= 0.6 is 0 Å². The van der Waals surface area contributed by atoms with E-state index < -0.39 is 0 Å². The monoisotopic (exact) mass is 194 g/mol. The SMILES string of the molecule is N#Cc1cccc(-c2ccccc2)c1[O]. The number of para-hydroxylation sites is 1. The molecular formula is C13H8NO. The molecule has 0 N–H and O–H groups in total. The van der Waals surface area contributed by atoms with E-state index in [0.717, 1.165) is 5.56 Å². The highest BCUT2D eigenvalue weighted by Gasteiger charge is 2.09. The van der Waals surface area contributed by atoms with Gasteiger partial charge in [-0.05, 0) is 11.6 Å². The Balaban J connectivity index is 2.61. The van der Waals surface area contributed by atoms with Crippen molar-refractivity contribution in [2.45, 2.75) is 0 Å². The van der Waals surface area contributed by atoms with Gasteiger partial charge in [0.2, 0.25) is 5.75 Å². The second-order valence-electron chi connectivity index (χ2n) is 3.16. The summed E-state index contributed by atoms with van der Waals surface area (Å²) in [4.78, 5) is 0. The Bertz CT molecular complexity index is 512. The van der Waals surface area contributed by atoms with Crippen LogP contribution in [0.3, 0.4) is 0 Å². The zero-order chi connectivity index (χ0) is 10.7. The highest BCUT2D eigenvalue weighted by molar-refractivity contribution is 5.72. The van der Waals surface area contributed by atoms with Crippen molar-refractivity contribution in [2.75, 3.05) is 0 Å². The predicted octanol–water partition coefficient (Wildman–Crippen LogP) is 3.37. The minimum Gasteiger partial charge on any atom is -0.288 e. The van der Waals surface area contributed by atoms with E-state index in [1.807, 2.05) is 36.4 Å². The minimum atomic E-state index is -0.203. The van der Waals surface area contributed by atoms with Gasteiger partial charge in [0.05, 0.1) is 5.56 Å². The van der Waals surface area contributed by atoms with Crippen molar-refractivity contribution in [1.82, 2.24) is 0 Å². The first-order chi connectivity index (χ1) is 7.33. The summed E-state index contributed by atoms with van der Waals surface area (Å²) in [5.74, 6) is -0.203. The van der Waals surface area contributed by atoms with E-state index in [4.69, 9.17) is 5.26 Å². The Morgan fingerprint density at radius 1 is 0.933 bits per heavy atom. The summed E-state index contributed by atoms with van der Waals surface area (Å²) in [6, 6.07) is 16.2. The number of benzene rings is 2. The molecule has 2 aromatic carbocycles. The molecule has 0 fully saturated rings. The van der Waals surface area contributed by atoms with Gasteiger partial charge in [0, 0.05) is 5.56 Å². The number of nitrogens with zero attached hydrogens (tertiary/aromatic N) is 1. The molecule has 0 spiro atoms. The standard InChI is InChI=1S/C13H8NO/c14-9-11-7-4-8-12(13(11)15)10-5-2-1-3-6-10/h1-8H. The molecule has 1 radical (unpaired) electrons. The average Bonchev–Trinajstić information content (AvgIpc) is 2.30. The van der Waals surface area contributed by atoms with Crippen LogP contribution in [0.2, 0.25) is 0 Å². The topological polar surface area (TPSA) is 43.7 Å². The van der Waals surface area contributed by atoms with Crippen molar-refractivity contribution in [3.8, 4) is 22.9 Å². The van der Waals surface area contributed by atoms with E-state index in [2.05, 4.69) is 0 Å². The quantitative estimate of drug-likeness (QED) is 0.686. The fourth-order valence-corrected chi connectivity index (χ4v) is 1.47. The normalized spacial score (nSPS) is 9.53. The number of hydrogen-bond donors (Lipinski definition) is 0. The lowest BCUT2D eigenvalue weighted by molar-refractivity contribution is 0.355. The van der Waals surface area contributed by atoms with Crippen LogP contribution in [0.1, 0.15) is 5.56 Å². The van der Waals surface area contributed by atoms with E-state index >= 15 is 0 Å². The Morgan fingerprint density at radius 3 is 2.33 bits per heavy atom. The zero-order valence-corrected chi connectivity index (χ0v) is 7.97. The first-order valence-electron chi connectivity index (χ1n) is 4.58. The van der Waals surface area contributed by atoms with Gasteiger partial charge in [-0.3, -0.25) is 5.11 Å². The van der Waals surface area contributed by atoms with Crippen molar-refractivity contribution in [1.29, 1.82) is 5.26 Å². The van der Waals surface area contributed by atoms with Gasteiger partial charge < -0.3 is 0 Å². The van der Waals surface area contributed by atoms with Crippen molar-refractivity contribution in [2.24, 2.45) is 0 Å². The number of rotatable bonds is 1. The summed E-state index contributed by atoms with van der Waals surface area (Å²) in [5, 5.41) is 20.5. The van der Waals surface area contributed by atoms with Gasteiger partial charge >= 0.3 is 0 Å². The summed E-state index contributed by atoms with van der Waals surface area (Å²) >= 11 is 0. The molecule has 0 atom stereocenters. The van der Waals surface area contributed by atoms with Crippen molar-refractivity contribution < 1.29 is 5.11 Å². The molecule has 0 heterocycles. The van der Waals surface area contributed by atoms with Crippen LogP contribution in [0.15, 0.2) is 48.5 Å². The molecular weight excluding hydrogens is 186 g/mol. The molecule has 0 amide bonds. The highest BCUT2D eigenvalue weighted by Crippen LogP contribution is 2.31. The van der Waals surface area contributed by atoms with E-state index in [1.54, 1.807) is 12.1 Å². The summed E-state index contributed by atoms with van der Waals surface area (Å²) in [6.45, 7) is 0. The van der Waals surface area contributed by atoms with Crippen molar-refractivity contribution in [3.05, 3.63) is 54.1 Å². The van der Waals surface area contributed by atoms with Gasteiger partial charge in [-0.1, -0.05) is 42.5 Å². The summed E-state index contributed by atoms with van der Waals surface area (Å²) < 4.78 is 0. The van der Waals surface area contributed by atoms with E-state index in [0.29, 0.717) is 5.56 Å². The van der Waals surface area contributed by atoms with Crippen LogP contribution < -0.4 is 0 Å². The Kier molecular flexibility index (Phi) is 2.38. The molecule has 0 aromatic heterocycles. The van der Waals surface area contributed by atoms with Gasteiger partial charge in [-0.15, -0.1) is 0 Å². The van der Waals surface area contributed by atoms with Gasteiger partial charge in [0.25, 0.3) is 0 Å². The highest BCUT2D eigenvalue weighted by atomic mass is 16.3. The lowest BCUT2D eigenvalue weighted by Crippen LogP contribution is -1.81. The molecule has 0 saturated heterocycles. The van der Waals surface area contributed by atoms with Crippen molar-refractivity contribution in [3.63, 3.8) is 0 Å². The van der Waals surface area contributed by atoms with Crippen LogP contribution in [0.5, 0.6) is 5.75 Å². The molecule has 0 unspecified atom stereocenters. The van der Waals surface area contributed by atoms with Crippen LogP contribution in [0, 0.1) is 11.3 Å². The smallest absolute Gasteiger partial charge is 0.204 e. The Hall–Kier alpha value is -2.27. The summed E-state index contributed by atoms with van der Waals surface area (Å²) in [7, 11) is 0. The van der Waals surface area contributed by atoms with Crippen LogP contribution in [0.4, 0.5) is 0 Å². The third kappa shape index (κ3) is 1.68. The van der Waals surface area contributed by atoms with Gasteiger partial charge in [-0.25, -0.2) is 0 Å². The third-order valence-corrected chi connectivity index (χ3v) is 2.22. The number of hydrogen-bond acceptors (Lipinski definition) is 1. The van der Waals surface area contributed by atoms with E-state index in [9.17, 15) is 5.11 Å². The van der Waals surface area contributed by atoms with Gasteiger partial charge in [-0.2, -0.15) is 5.26 Å². The van der Waals surface area contributed by atoms with Gasteiger partial charge in [0.15, 0.2) is 0 Å². The minimum absolute atomic E-state index is 0.191. The summed E-state index contributed by atoms with van der Waals surface area (Å²) in [6.07, 6.45) is 0. The Morgan fingerprint density at radius 2 is 1.67 bits per heavy atom. The van der Waals surface area contributed by atoms with E-state index in [1.165, 1.54) is 6.07 Å². The lowest BCUT2D eigenvalue weighted by atomic mass is 10.0. The largest absolute Gasteiger partial charge is 0.288 e. The molecule has 2 rings (SSSR count). The first-order valence-corrected chi connectivity index (χ1v) is 4.58. The molecule has 0 aliphatic carbocycles. The molecule has 0 aliphatic rings. The molecule has 2 nitrogen and oxygen atoms in total. The van der Waals surface area contributed by atoms with E-state index in [-0.39, 0.29) is 11.3 Å². The fraction of sp³-hybridized carbons (Fsp3) is 0. The molecule has 0 aliphatic heterocycles. The molecule has 0 bridgehead atoms. The third-order valence-electron chi connectivity index (χ3n) is 2.22. The average molecular weight is 194 g/mol. The van der Waals surface area contributed by atoms with Crippen molar-refractivity contribution >= 4 is 0 Å². The maximum absolute atomic E-state index is 11.8. The van der Waals surface area contributed by atoms with Crippen LogP contribution in [-0.4, -0.2) is 0 Å². The molecule has 2 aromatic rings. The maximum Gasteiger partial charge on any atom is 0.204 e. The van der Waals surface area contributed by atoms with Crippen LogP contribution in [-0.2, 0) is 5.11 Å². The fourth-order valence-electron chi connectivity index (χ4n) is 1.47.